The Morgan fingerprint density at radius 3 is 3.00 bits per heavy atom. The van der Waals surface area contributed by atoms with Crippen LogP contribution in [0.25, 0.3) is 0 Å². The number of H-pyrrole nitrogens is 1. The van der Waals surface area contributed by atoms with Gasteiger partial charge in [-0.2, -0.15) is 0 Å². The summed E-state index contributed by atoms with van der Waals surface area (Å²) in [6.45, 7) is 0.545. The molecular formula is C8H15N5O. The van der Waals surface area contributed by atoms with E-state index in [1.165, 1.54) is 0 Å². The van der Waals surface area contributed by atoms with E-state index in [-0.39, 0.29) is 0 Å². The fourth-order valence-electron chi connectivity index (χ4n) is 1.12. The number of anilines is 1. The third kappa shape index (κ3) is 3.06. The van der Waals surface area contributed by atoms with Gasteiger partial charge in [-0.1, -0.05) is 0 Å². The van der Waals surface area contributed by atoms with E-state index in [9.17, 15) is 4.79 Å². The van der Waals surface area contributed by atoms with Gasteiger partial charge in [-0.05, 0) is 19.4 Å². The Morgan fingerprint density at radius 2 is 2.50 bits per heavy atom. The Hall–Kier alpha value is -1.56. The smallest absolute Gasteiger partial charge is 0.240 e. The first kappa shape index (κ1) is 10.5. The SMILES string of the molecule is NCCCC(Nc1ncc[nH]1)C(N)=O. The van der Waals surface area contributed by atoms with Gasteiger partial charge in [-0.15, -0.1) is 0 Å². The summed E-state index contributed by atoms with van der Waals surface area (Å²) in [6, 6.07) is -0.412. The van der Waals surface area contributed by atoms with E-state index in [1.807, 2.05) is 0 Å². The molecular weight excluding hydrogens is 182 g/mol. The molecule has 6 N–H and O–H groups in total. The van der Waals surface area contributed by atoms with Gasteiger partial charge in [0.1, 0.15) is 6.04 Å². The van der Waals surface area contributed by atoms with Crippen LogP contribution < -0.4 is 16.8 Å². The fraction of sp³-hybridized carbons (Fsp3) is 0.500. The Balaban J connectivity index is 2.47. The lowest BCUT2D eigenvalue weighted by Gasteiger charge is -2.13. The van der Waals surface area contributed by atoms with Crippen LogP contribution in [0.15, 0.2) is 12.4 Å². The van der Waals surface area contributed by atoms with Gasteiger partial charge in [0, 0.05) is 12.4 Å². The molecule has 0 saturated carbocycles. The summed E-state index contributed by atoms with van der Waals surface area (Å²) in [6.07, 6.45) is 4.64. The monoisotopic (exact) mass is 197 g/mol. The quantitative estimate of drug-likeness (QED) is 0.488. The number of nitrogens with zero attached hydrogens (tertiary/aromatic N) is 1. The summed E-state index contributed by atoms with van der Waals surface area (Å²) >= 11 is 0. The molecule has 0 bridgehead atoms. The predicted octanol–water partition coefficient (Wildman–Crippen LogP) is -0.586. The van der Waals surface area contributed by atoms with Crippen LogP contribution in [0, 0.1) is 0 Å². The molecule has 0 radical (unpaired) electrons. The second-order valence-electron chi connectivity index (χ2n) is 2.97. The average Bonchev–Trinajstić information content (AvgIpc) is 2.64. The number of aromatic nitrogens is 2. The van der Waals surface area contributed by atoms with Crippen molar-refractivity contribution in [1.29, 1.82) is 0 Å². The van der Waals surface area contributed by atoms with Crippen molar-refractivity contribution in [2.24, 2.45) is 11.5 Å². The van der Waals surface area contributed by atoms with Crippen molar-refractivity contribution >= 4 is 11.9 Å². The Bertz CT molecular complexity index is 271. The summed E-state index contributed by atoms with van der Waals surface area (Å²) in [5.41, 5.74) is 10.6. The Morgan fingerprint density at radius 1 is 1.71 bits per heavy atom. The molecule has 6 heteroatoms. The third-order valence-electron chi connectivity index (χ3n) is 1.85. The molecule has 0 aliphatic carbocycles. The van der Waals surface area contributed by atoms with E-state index in [0.29, 0.717) is 18.9 Å². The standard InChI is InChI=1S/C8H15N5O/c9-3-1-2-6(7(10)14)13-8-11-4-5-12-8/h4-6H,1-3,9H2,(H2,10,14)(H2,11,12,13). The molecule has 1 amide bonds. The zero-order valence-electron chi connectivity index (χ0n) is 7.86. The van der Waals surface area contributed by atoms with Crippen molar-refractivity contribution in [2.75, 3.05) is 11.9 Å². The molecule has 1 rings (SSSR count). The number of nitrogens with one attached hydrogen (secondary N) is 2. The van der Waals surface area contributed by atoms with Crippen LogP contribution in [0.1, 0.15) is 12.8 Å². The maximum Gasteiger partial charge on any atom is 0.240 e. The fourth-order valence-corrected chi connectivity index (χ4v) is 1.12. The van der Waals surface area contributed by atoms with E-state index in [4.69, 9.17) is 11.5 Å². The summed E-state index contributed by atoms with van der Waals surface area (Å²) in [5, 5.41) is 2.90. The van der Waals surface area contributed by atoms with Crippen LogP contribution in [0.2, 0.25) is 0 Å². The molecule has 0 aromatic carbocycles. The normalized spacial score (nSPS) is 12.4. The summed E-state index contributed by atoms with van der Waals surface area (Å²) in [5.74, 6) is 0.153. The lowest BCUT2D eigenvalue weighted by Crippen LogP contribution is -2.36. The van der Waals surface area contributed by atoms with Gasteiger partial charge in [0.15, 0.2) is 0 Å². The Kier molecular flexibility index (Phi) is 3.93. The van der Waals surface area contributed by atoms with Crippen molar-refractivity contribution in [3.8, 4) is 0 Å². The lowest BCUT2D eigenvalue weighted by molar-refractivity contribution is -0.118. The highest BCUT2D eigenvalue weighted by Crippen LogP contribution is 2.03. The number of aromatic amines is 1. The maximum atomic E-state index is 11.0. The second kappa shape index (κ2) is 5.23. The van der Waals surface area contributed by atoms with Gasteiger partial charge in [0.2, 0.25) is 11.9 Å². The van der Waals surface area contributed by atoms with Crippen molar-refractivity contribution in [2.45, 2.75) is 18.9 Å². The topological polar surface area (TPSA) is 110 Å². The van der Waals surface area contributed by atoms with Crippen LogP contribution in [-0.4, -0.2) is 28.5 Å². The van der Waals surface area contributed by atoms with Crippen molar-refractivity contribution in [3.63, 3.8) is 0 Å². The molecule has 0 aliphatic rings. The molecule has 0 fully saturated rings. The van der Waals surface area contributed by atoms with E-state index in [1.54, 1.807) is 12.4 Å². The first-order valence-corrected chi connectivity index (χ1v) is 4.49. The van der Waals surface area contributed by atoms with Crippen LogP contribution in [-0.2, 0) is 4.79 Å². The summed E-state index contributed by atoms with van der Waals surface area (Å²) in [4.78, 5) is 17.8. The number of amides is 1. The van der Waals surface area contributed by atoms with Gasteiger partial charge < -0.3 is 21.8 Å². The summed E-state index contributed by atoms with van der Waals surface area (Å²) in [7, 11) is 0. The minimum atomic E-state index is -0.412. The van der Waals surface area contributed by atoms with E-state index in [2.05, 4.69) is 15.3 Å². The molecule has 1 aromatic rings. The number of primary amides is 1. The number of hydrogen-bond acceptors (Lipinski definition) is 4. The number of imidazole rings is 1. The van der Waals surface area contributed by atoms with Crippen molar-refractivity contribution in [1.82, 2.24) is 9.97 Å². The van der Waals surface area contributed by atoms with Crippen molar-refractivity contribution < 1.29 is 4.79 Å². The number of rotatable bonds is 6. The number of nitrogens with two attached hydrogens (primary N) is 2. The molecule has 1 aromatic heterocycles. The minimum Gasteiger partial charge on any atom is -0.368 e. The minimum absolute atomic E-state index is 0.394. The molecule has 6 nitrogen and oxygen atoms in total. The van der Waals surface area contributed by atoms with Gasteiger partial charge >= 0.3 is 0 Å². The number of hydrogen-bond donors (Lipinski definition) is 4. The molecule has 78 valence electrons. The lowest BCUT2D eigenvalue weighted by atomic mass is 10.1. The molecule has 0 aliphatic heterocycles. The van der Waals surface area contributed by atoms with Gasteiger partial charge in [-0.3, -0.25) is 4.79 Å². The highest BCUT2D eigenvalue weighted by atomic mass is 16.1. The van der Waals surface area contributed by atoms with Crippen LogP contribution in [0.5, 0.6) is 0 Å². The highest BCUT2D eigenvalue weighted by Gasteiger charge is 2.14. The Labute approximate surface area is 82.1 Å². The average molecular weight is 197 g/mol. The highest BCUT2D eigenvalue weighted by molar-refractivity contribution is 5.82. The van der Waals surface area contributed by atoms with Crippen LogP contribution >= 0.6 is 0 Å². The number of carbonyl (C=O) groups is 1. The molecule has 0 saturated heterocycles. The molecule has 1 atom stereocenters. The van der Waals surface area contributed by atoms with E-state index in [0.717, 1.165) is 6.42 Å². The van der Waals surface area contributed by atoms with Crippen molar-refractivity contribution in [3.05, 3.63) is 12.4 Å². The summed E-state index contributed by atoms with van der Waals surface area (Å²) < 4.78 is 0. The van der Waals surface area contributed by atoms with Crippen LogP contribution in [0.3, 0.4) is 0 Å². The largest absolute Gasteiger partial charge is 0.368 e. The first-order valence-electron chi connectivity index (χ1n) is 4.49. The molecule has 14 heavy (non-hydrogen) atoms. The van der Waals surface area contributed by atoms with E-state index < -0.39 is 11.9 Å². The zero-order chi connectivity index (χ0) is 10.4. The van der Waals surface area contributed by atoms with Gasteiger partial charge in [0.25, 0.3) is 0 Å². The second-order valence-corrected chi connectivity index (χ2v) is 2.97. The van der Waals surface area contributed by atoms with E-state index >= 15 is 0 Å². The zero-order valence-corrected chi connectivity index (χ0v) is 7.86. The molecule has 0 spiro atoms. The van der Waals surface area contributed by atoms with Crippen LogP contribution in [0.4, 0.5) is 5.95 Å². The van der Waals surface area contributed by atoms with Gasteiger partial charge in [0.05, 0.1) is 0 Å². The number of carbonyl (C=O) groups excluding carboxylic acids is 1. The predicted molar refractivity (Wildman–Crippen MR) is 53.5 cm³/mol. The molecule has 1 heterocycles. The maximum absolute atomic E-state index is 11.0. The van der Waals surface area contributed by atoms with Gasteiger partial charge in [-0.25, -0.2) is 4.98 Å². The molecule has 1 unspecified atom stereocenters. The third-order valence-corrected chi connectivity index (χ3v) is 1.85. The first-order chi connectivity index (χ1) is 6.74.